The monoisotopic (exact) mass is 639 g/mol. The van der Waals surface area contributed by atoms with Crippen molar-refractivity contribution in [2.24, 2.45) is 0 Å². The minimum atomic E-state index is 0.633. The number of para-hydroxylation sites is 3. The van der Waals surface area contributed by atoms with Crippen molar-refractivity contribution in [2.75, 3.05) is 0 Å². The molecule has 3 heterocycles. The van der Waals surface area contributed by atoms with E-state index in [9.17, 15) is 0 Å². The largest absolute Gasteiger partial charge is 0.309 e. The molecule has 0 aliphatic carbocycles. The van der Waals surface area contributed by atoms with Crippen molar-refractivity contribution in [1.82, 2.24) is 24.1 Å². The Balaban J connectivity index is 1.21. The number of nitrogens with zero attached hydrogens (tertiary/aromatic N) is 5. The van der Waals surface area contributed by atoms with Crippen molar-refractivity contribution in [2.45, 2.75) is 0 Å². The fraction of sp³-hybridized carbons (Fsp3) is 0. The molecule has 0 saturated carbocycles. The van der Waals surface area contributed by atoms with Crippen LogP contribution in [0, 0.1) is 0 Å². The summed E-state index contributed by atoms with van der Waals surface area (Å²) in [5.41, 5.74) is 9.69. The Morgan fingerprint density at radius 1 is 0.280 bits per heavy atom. The van der Waals surface area contributed by atoms with Crippen LogP contribution in [0.5, 0.6) is 0 Å². The Labute approximate surface area is 288 Å². The summed E-state index contributed by atoms with van der Waals surface area (Å²) in [4.78, 5) is 14.9. The fourth-order valence-electron chi connectivity index (χ4n) is 7.29. The predicted octanol–water partition coefficient (Wildman–Crippen LogP) is 11.1. The minimum absolute atomic E-state index is 0.633. The van der Waals surface area contributed by atoms with E-state index in [0.29, 0.717) is 17.5 Å². The molecule has 0 aliphatic rings. The molecule has 0 atom stereocenters. The van der Waals surface area contributed by atoms with E-state index in [0.717, 1.165) is 39.1 Å². The van der Waals surface area contributed by atoms with Crippen LogP contribution < -0.4 is 0 Å². The molecule has 10 rings (SSSR count). The van der Waals surface area contributed by atoms with Gasteiger partial charge in [0.15, 0.2) is 17.5 Å². The van der Waals surface area contributed by atoms with Gasteiger partial charge in [0.05, 0.1) is 22.1 Å². The van der Waals surface area contributed by atoms with Gasteiger partial charge in [0.1, 0.15) is 0 Å². The van der Waals surface area contributed by atoms with Crippen LogP contribution in [0.2, 0.25) is 0 Å². The standard InChI is InChI=1S/C45H29N5/c1-4-15-30(16-5-1)43-46-44(31-17-6-2-7-18-31)48-45(47-43)32-19-14-22-34(27-32)50-40-26-13-11-24-36(40)38-28-41-37(29-42(38)50)35-23-10-12-25-39(35)49(41)33-20-8-3-9-21-33/h1-29H. The Bertz CT molecular complexity index is 2800. The molecule has 234 valence electrons. The second-order valence-electron chi connectivity index (χ2n) is 12.5. The summed E-state index contributed by atoms with van der Waals surface area (Å²) >= 11 is 0. The van der Waals surface area contributed by atoms with Gasteiger partial charge in [-0.05, 0) is 48.5 Å². The van der Waals surface area contributed by atoms with Crippen LogP contribution in [0.25, 0.3) is 89.2 Å². The predicted molar refractivity (Wildman–Crippen MR) is 205 cm³/mol. The van der Waals surface area contributed by atoms with Gasteiger partial charge in [0.2, 0.25) is 0 Å². The Morgan fingerprint density at radius 2 is 0.680 bits per heavy atom. The van der Waals surface area contributed by atoms with Gasteiger partial charge in [0, 0.05) is 49.6 Å². The minimum Gasteiger partial charge on any atom is -0.309 e. The first-order chi connectivity index (χ1) is 24.8. The molecule has 0 N–H and O–H groups in total. The second kappa shape index (κ2) is 11.4. The van der Waals surface area contributed by atoms with Crippen molar-refractivity contribution in [1.29, 1.82) is 0 Å². The maximum atomic E-state index is 5.02. The van der Waals surface area contributed by atoms with E-state index >= 15 is 0 Å². The molecular formula is C45H29N5. The molecule has 0 amide bonds. The third-order valence-electron chi connectivity index (χ3n) is 9.54. The molecule has 5 heteroatoms. The lowest BCUT2D eigenvalue weighted by Crippen LogP contribution is -2.01. The third kappa shape index (κ3) is 4.52. The summed E-state index contributed by atoms with van der Waals surface area (Å²) in [6.07, 6.45) is 0. The van der Waals surface area contributed by atoms with Gasteiger partial charge in [-0.15, -0.1) is 0 Å². The first-order valence-electron chi connectivity index (χ1n) is 16.8. The molecule has 0 aliphatic heterocycles. The molecule has 0 radical (unpaired) electrons. The summed E-state index contributed by atoms with van der Waals surface area (Å²) in [7, 11) is 0. The zero-order chi connectivity index (χ0) is 33.0. The molecule has 3 aromatic heterocycles. The van der Waals surface area contributed by atoms with E-state index in [1.807, 2.05) is 60.7 Å². The average Bonchev–Trinajstić information content (AvgIpc) is 3.70. The van der Waals surface area contributed by atoms with Crippen LogP contribution >= 0.6 is 0 Å². The van der Waals surface area contributed by atoms with Crippen molar-refractivity contribution >= 4 is 43.6 Å². The van der Waals surface area contributed by atoms with Gasteiger partial charge in [-0.1, -0.05) is 127 Å². The van der Waals surface area contributed by atoms with E-state index in [-0.39, 0.29) is 0 Å². The normalized spacial score (nSPS) is 11.6. The van der Waals surface area contributed by atoms with Crippen LogP contribution in [-0.2, 0) is 0 Å². The van der Waals surface area contributed by atoms with Crippen LogP contribution in [0.4, 0.5) is 0 Å². The molecule has 0 unspecified atom stereocenters. The van der Waals surface area contributed by atoms with Gasteiger partial charge in [-0.25, -0.2) is 15.0 Å². The molecule has 50 heavy (non-hydrogen) atoms. The number of aromatic nitrogens is 5. The van der Waals surface area contributed by atoms with Crippen LogP contribution in [0.15, 0.2) is 176 Å². The topological polar surface area (TPSA) is 48.5 Å². The van der Waals surface area contributed by atoms with E-state index in [2.05, 4.69) is 124 Å². The number of fused-ring (bicyclic) bond motifs is 6. The Kier molecular flexibility index (Phi) is 6.42. The zero-order valence-corrected chi connectivity index (χ0v) is 27.0. The van der Waals surface area contributed by atoms with Gasteiger partial charge in [-0.2, -0.15) is 0 Å². The second-order valence-corrected chi connectivity index (χ2v) is 12.5. The fourth-order valence-corrected chi connectivity index (χ4v) is 7.29. The van der Waals surface area contributed by atoms with Gasteiger partial charge >= 0.3 is 0 Å². The number of hydrogen-bond acceptors (Lipinski definition) is 3. The highest BCUT2D eigenvalue weighted by atomic mass is 15.0. The molecule has 0 bridgehead atoms. The summed E-state index contributed by atoms with van der Waals surface area (Å²) < 4.78 is 4.76. The van der Waals surface area contributed by atoms with Gasteiger partial charge in [0.25, 0.3) is 0 Å². The van der Waals surface area contributed by atoms with E-state index in [4.69, 9.17) is 15.0 Å². The third-order valence-corrected chi connectivity index (χ3v) is 9.54. The lowest BCUT2D eigenvalue weighted by Gasteiger charge is -2.12. The summed E-state index contributed by atoms with van der Waals surface area (Å²) in [6.45, 7) is 0. The molecule has 0 saturated heterocycles. The lowest BCUT2D eigenvalue weighted by atomic mass is 10.1. The van der Waals surface area contributed by atoms with E-state index in [1.54, 1.807) is 0 Å². The van der Waals surface area contributed by atoms with Crippen molar-refractivity contribution in [3.05, 3.63) is 176 Å². The molecule has 0 spiro atoms. The van der Waals surface area contributed by atoms with Crippen molar-refractivity contribution < 1.29 is 0 Å². The van der Waals surface area contributed by atoms with Gasteiger partial charge < -0.3 is 9.13 Å². The maximum absolute atomic E-state index is 5.02. The smallest absolute Gasteiger partial charge is 0.164 e. The summed E-state index contributed by atoms with van der Waals surface area (Å²) in [6, 6.07) is 61.5. The molecule has 0 fully saturated rings. The van der Waals surface area contributed by atoms with Crippen molar-refractivity contribution in [3.8, 4) is 45.5 Å². The summed E-state index contributed by atoms with van der Waals surface area (Å²) in [5, 5.41) is 4.86. The maximum Gasteiger partial charge on any atom is 0.164 e. The van der Waals surface area contributed by atoms with E-state index < -0.39 is 0 Å². The first-order valence-corrected chi connectivity index (χ1v) is 16.8. The number of benzene rings is 7. The molecule has 5 nitrogen and oxygen atoms in total. The molecule has 10 aromatic rings. The number of hydrogen-bond donors (Lipinski definition) is 0. The van der Waals surface area contributed by atoms with Crippen molar-refractivity contribution in [3.63, 3.8) is 0 Å². The van der Waals surface area contributed by atoms with Crippen LogP contribution in [0.1, 0.15) is 0 Å². The number of rotatable bonds is 5. The van der Waals surface area contributed by atoms with Gasteiger partial charge in [-0.3, -0.25) is 0 Å². The highest BCUT2D eigenvalue weighted by Gasteiger charge is 2.19. The lowest BCUT2D eigenvalue weighted by molar-refractivity contribution is 1.07. The highest BCUT2D eigenvalue weighted by molar-refractivity contribution is 6.19. The van der Waals surface area contributed by atoms with Crippen LogP contribution in [0.3, 0.4) is 0 Å². The zero-order valence-electron chi connectivity index (χ0n) is 27.0. The van der Waals surface area contributed by atoms with Crippen LogP contribution in [-0.4, -0.2) is 24.1 Å². The quantitative estimate of drug-likeness (QED) is 0.188. The highest BCUT2D eigenvalue weighted by Crippen LogP contribution is 2.40. The van der Waals surface area contributed by atoms with E-state index in [1.165, 1.54) is 32.6 Å². The molecular weight excluding hydrogens is 611 g/mol. The first kappa shape index (κ1) is 28.2. The average molecular weight is 640 g/mol. The summed E-state index contributed by atoms with van der Waals surface area (Å²) in [5.74, 6) is 1.93. The SMILES string of the molecule is c1ccc(-c2nc(-c3ccccc3)nc(-c3cccc(-n4c5ccccc5c5cc6c(cc54)c4ccccc4n6-c4ccccc4)c3)n2)cc1. The Hall–Kier alpha value is -6.85. The Morgan fingerprint density at radius 3 is 1.22 bits per heavy atom. The molecule has 7 aromatic carbocycles.